The molecule has 3 aromatic heterocycles. The summed E-state index contributed by atoms with van der Waals surface area (Å²) in [5.41, 5.74) is 11.5. The molecule has 266 valence electrons. The lowest BCUT2D eigenvalue weighted by molar-refractivity contribution is 0.669. The van der Waals surface area contributed by atoms with Gasteiger partial charge in [-0.2, -0.15) is 0 Å². The van der Waals surface area contributed by atoms with Crippen molar-refractivity contribution in [2.24, 2.45) is 0 Å². The summed E-state index contributed by atoms with van der Waals surface area (Å²) in [5, 5.41) is 5.60. The highest BCUT2D eigenvalue weighted by Gasteiger charge is 2.17. The number of rotatable bonds is 6. The van der Waals surface area contributed by atoms with Gasteiger partial charge in [0.05, 0.1) is 11.2 Å². The third kappa shape index (κ3) is 6.08. The Bertz CT molecular complexity index is 3280. The molecule has 0 atom stereocenters. The molecule has 0 unspecified atom stereocenters. The van der Waals surface area contributed by atoms with Crippen molar-refractivity contribution < 1.29 is 4.42 Å². The van der Waals surface area contributed by atoms with Crippen molar-refractivity contribution in [3.05, 3.63) is 194 Å². The van der Waals surface area contributed by atoms with Gasteiger partial charge in [0, 0.05) is 38.4 Å². The molecule has 3 heterocycles. The van der Waals surface area contributed by atoms with E-state index < -0.39 is 0 Å². The molecule has 0 fully saturated rings. The first-order chi connectivity index (χ1) is 28.2. The van der Waals surface area contributed by atoms with Gasteiger partial charge in [0.25, 0.3) is 0 Å². The molecule has 0 saturated heterocycles. The molecule has 5 heteroatoms. The van der Waals surface area contributed by atoms with Crippen LogP contribution >= 0.6 is 0 Å². The van der Waals surface area contributed by atoms with Crippen LogP contribution in [-0.4, -0.2) is 19.9 Å². The Morgan fingerprint density at radius 3 is 1.60 bits per heavy atom. The van der Waals surface area contributed by atoms with E-state index in [1.54, 1.807) is 0 Å². The molecule has 57 heavy (non-hydrogen) atoms. The lowest BCUT2D eigenvalue weighted by Gasteiger charge is -2.13. The van der Waals surface area contributed by atoms with Crippen molar-refractivity contribution in [1.82, 2.24) is 19.9 Å². The molecule has 0 radical (unpaired) electrons. The molecule has 0 aliphatic rings. The summed E-state index contributed by atoms with van der Waals surface area (Å²) in [4.78, 5) is 20.6. The maximum atomic E-state index is 6.21. The van der Waals surface area contributed by atoms with Crippen LogP contribution in [0.5, 0.6) is 0 Å². The number of benzene rings is 8. The third-order valence-electron chi connectivity index (χ3n) is 10.7. The Morgan fingerprint density at radius 2 is 0.825 bits per heavy atom. The van der Waals surface area contributed by atoms with Gasteiger partial charge in [-0.3, -0.25) is 0 Å². The zero-order valence-corrected chi connectivity index (χ0v) is 30.7. The van der Waals surface area contributed by atoms with E-state index in [-0.39, 0.29) is 0 Å². The number of nitrogens with zero attached hydrogens (tertiary/aromatic N) is 4. The zero-order chi connectivity index (χ0) is 37.7. The van der Waals surface area contributed by atoms with E-state index >= 15 is 0 Å². The van der Waals surface area contributed by atoms with Crippen LogP contribution in [0.2, 0.25) is 0 Å². The summed E-state index contributed by atoms with van der Waals surface area (Å²) in [5.74, 6) is 1.79. The van der Waals surface area contributed by atoms with Gasteiger partial charge in [-0.05, 0) is 87.6 Å². The normalized spacial score (nSPS) is 11.5. The average molecular weight is 729 g/mol. The van der Waals surface area contributed by atoms with Crippen LogP contribution in [0.1, 0.15) is 0 Å². The van der Waals surface area contributed by atoms with E-state index in [4.69, 9.17) is 24.4 Å². The van der Waals surface area contributed by atoms with Crippen molar-refractivity contribution in [1.29, 1.82) is 0 Å². The highest BCUT2D eigenvalue weighted by Crippen LogP contribution is 2.37. The molecule has 0 aliphatic heterocycles. The zero-order valence-electron chi connectivity index (χ0n) is 30.7. The highest BCUT2D eigenvalue weighted by atomic mass is 16.3. The van der Waals surface area contributed by atoms with Crippen LogP contribution in [0.25, 0.3) is 111 Å². The summed E-state index contributed by atoms with van der Waals surface area (Å²) in [7, 11) is 0. The molecular formula is C52H32N4O. The fourth-order valence-electron chi connectivity index (χ4n) is 7.74. The van der Waals surface area contributed by atoms with Crippen LogP contribution in [0, 0.1) is 0 Å². The molecule has 11 rings (SSSR count). The fourth-order valence-corrected chi connectivity index (χ4v) is 7.74. The minimum atomic E-state index is 0.579. The van der Waals surface area contributed by atoms with Crippen molar-refractivity contribution in [3.63, 3.8) is 0 Å². The first kappa shape index (κ1) is 32.7. The van der Waals surface area contributed by atoms with Crippen molar-refractivity contribution >= 4 is 43.6 Å². The molecule has 0 aliphatic carbocycles. The van der Waals surface area contributed by atoms with Crippen LogP contribution in [-0.2, 0) is 0 Å². The van der Waals surface area contributed by atoms with Crippen LogP contribution in [0.15, 0.2) is 199 Å². The van der Waals surface area contributed by atoms with E-state index in [0.717, 1.165) is 88.4 Å². The second-order valence-corrected chi connectivity index (χ2v) is 14.3. The monoisotopic (exact) mass is 728 g/mol. The maximum Gasteiger partial charge on any atom is 0.164 e. The van der Waals surface area contributed by atoms with Crippen molar-refractivity contribution in [2.45, 2.75) is 0 Å². The summed E-state index contributed by atoms with van der Waals surface area (Å²) >= 11 is 0. The number of aromatic nitrogens is 4. The number of pyridine rings is 1. The molecule has 0 saturated carbocycles. The summed E-state index contributed by atoms with van der Waals surface area (Å²) < 4.78 is 6.21. The summed E-state index contributed by atoms with van der Waals surface area (Å²) in [6, 6.07) is 67.1. The Balaban J connectivity index is 1.11. The van der Waals surface area contributed by atoms with Gasteiger partial charge in [-0.15, -0.1) is 0 Å². The molecule has 5 nitrogen and oxygen atoms in total. The number of para-hydroxylation sites is 1. The van der Waals surface area contributed by atoms with Gasteiger partial charge in [0.1, 0.15) is 11.2 Å². The topological polar surface area (TPSA) is 64.7 Å². The second kappa shape index (κ2) is 13.5. The largest absolute Gasteiger partial charge is 0.456 e. The predicted molar refractivity (Wildman–Crippen MR) is 233 cm³/mol. The minimum Gasteiger partial charge on any atom is -0.456 e. The lowest BCUT2D eigenvalue weighted by Crippen LogP contribution is -2.00. The molecule has 11 aromatic rings. The summed E-state index contributed by atoms with van der Waals surface area (Å²) in [6.07, 6.45) is 0. The fraction of sp³-hybridized carbons (Fsp3) is 0. The summed E-state index contributed by atoms with van der Waals surface area (Å²) in [6.45, 7) is 0. The number of hydrogen-bond acceptors (Lipinski definition) is 5. The number of furan rings is 1. The number of fused-ring (bicyclic) bond motifs is 5. The standard InChI is InChI=1S/C52H32N4O/c1-3-11-33(12-4-1)34-19-21-36(22-20-34)51-54-50(35-13-5-2-6-14-35)55-52(56-51)43-29-41(39-24-26-49-45(31-39)44-17-9-10-18-48(44)57-49)28-42(30-43)46-25-23-40-27-37-15-7-8-16-38(37)32-47(40)53-46/h1-32H. The van der Waals surface area contributed by atoms with Crippen LogP contribution < -0.4 is 0 Å². The van der Waals surface area contributed by atoms with Crippen molar-refractivity contribution in [3.8, 4) is 67.7 Å². The molecular weight excluding hydrogens is 697 g/mol. The maximum absolute atomic E-state index is 6.21. The quantitative estimate of drug-likeness (QED) is 0.160. The van der Waals surface area contributed by atoms with Crippen LogP contribution in [0.3, 0.4) is 0 Å². The van der Waals surface area contributed by atoms with Gasteiger partial charge in [-0.1, -0.05) is 140 Å². The van der Waals surface area contributed by atoms with Crippen molar-refractivity contribution in [2.75, 3.05) is 0 Å². The third-order valence-corrected chi connectivity index (χ3v) is 10.7. The van der Waals surface area contributed by atoms with E-state index in [2.05, 4.69) is 146 Å². The van der Waals surface area contributed by atoms with Gasteiger partial charge < -0.3 is 4.42 Å². The highest BCUT2D eigenvalue weighted by molar-refractivity contribution is 6.06. The first-order valence-electron chi connectivity index (χ1n) is 19.0. The van der Waals surface area contributed by atoms with E-state index in [1.807, 2.05) is 48.5 Å². The molecule has 0 amide bonds. The average Bonchev–Trinajstić information content (AvgIpc) is 3.66. The lowest BCUT2D eigenvalue weighted by atomic mass is 9.96. The van der Waals surface area contributed by atoms with E-state index in [9.17, 15) is 0 Å². The smallest absolute Gasteiger partial charge is 0.164 e. The Hall–Kier alpha value is -7.76. The molecule has 0 bridgehead atoms. The molecule has 8 aromatic carbocycles. The van der Waals surface area contributed by atoms with E-state index in [1.165, 1.54) is 5.39 Å². The first-order valence-corrected chi connectivity index (χ1v) is 19.0. The molecule has 0 spiro atoms. The Kier molecular flexibility index (Phi) is 7.74. The van der Waals surface area contributed by atoms with Gasteiger partial charge in [0.15, 0.2) is 17.5 Å². The number of hydrogen-bond donors (Lipinski definition) is 0. The second-order valence-electron chi connectivity index (χ2n) is 14.3. The van der Waals surface area contributed by atoms with E-state index in [0.29, 0.717) is 17.5 Å². The SMILES string of the molecule is c1ccc(-c2ccc(-c3nc(-c4ccccc4)nc(-c4cc(-c5ccc6oc7ccccc7c6c5)cc(-c5ccc6cc7ccccc7cc6n5)c4)n3)cc2)cc1. The van der Waals surface area contributed by atoms with Gasteiger partial charge >= 0.3 is 0 Å². The van der Waals surface area contributed by atoms with Gasteiger partial charge in [-0.25, -0.2) is 19.9 Å². The molecule has 0 N–H and O–H groups in total. The Morgan fingerprint density at radius 1 is 0.281 bits per heavy atom. The van der Waals surface area contributed by atoms with Crippen LogP contribution in [0.4, 0.5) is 0 Å². The predicted octanol–water partition coefficient (Wildman–Crippen LogP) is 13.5. The van der Waals surface area contributed by atoms with Gasteiger partial charge in [0.2, 0.25) is 0 Å². The Labute approximate surface area is 328 Å². The minimum absolute atomic E-state index is 0.579.